The minimum atomic E-state index is -3.46. The molecule has 0 saturated carbocycles. The van der Waals surface area contributed by atoms with Crippen molar-refractivity contribution in [3.05, 3.63) is 34.5 Å². The molecule has 0 spiro atoms. The summed E-state index contributed by atoms with van der Waals surface area (Å²) in [5.41, 5.74) is 0.865. The number of aromatic amines is 1. The van der Waals surface area contributed by atoms with Gasteiger partial charge in [-0.2, -0.15) is 0 Å². The fourth-order valence-electron chi connectivity index (χ4n) is 1.83. The van der Waals surface area contributed by atoms with Gasteiger partial charge >= 0.3 is 0 Å². The molecule has 0 aliphatic carbocycles. The van der Waals surface area contributed by atoms with Crippen LogP contribution in [0.5, 0.6) is 0 Å². The largest absolute Gasteiger partial charge is 0.363 e. The molecule has 6 nitrogen and oxygen atoms in total. The molecule has 3 N–H and O–H groups in total. The smallest absolute Gasteiger partial charge is 0.242 e. The first kappa shape index (κ1) is 16.2. The van der Waals surface area contributed by atoms with Crippen molar-refractivity contribution in [1.29, 1.82) is 0 Å². The van der Waals surface area contributed by atoms with Gasteiger partial charge in [0.15, 0.2) is 0 Å². The molecule has 2 rings (SSSR count). The second-order valence-corrected chi connectivity index (χ2v) is 7.36. The standard InChI is InChI=1S/C13H20N4O2S2/c1-2-4-14-9-11-8-12(10-16-11)21(18,19)17-5-3-13-15-6-7-20-13/h6-8,10,14,16-17H,2-5,9H2,1H3. The molecule has 0 amide bonds. The van der Waals surface area contributed by atoms with Gasteiger partial charge < -0.3 is 10.3 Å². The highest BCUT2D eigenvalue weighted by molar-refractivity contribution is 7.89. The van der Waals surface area contributed by atoms with Crippen molar-refractivity contribution < 1.29 is 8.42 Å². The van der Waals surface area contributed by atoms with Crippen molar-refractivity contribution >= 4 is 21.4 Å². The van der Waals surface area contributed by atoms with Crippen LogP contribution in [-0.2, 0) is 23.0 Å². The normalized spacial score (nSPS) is 11.9. The number of hydrogen-bond acceptors (Lipinski definition) is 5. The van der Waals surface area contributed by atoms with E-state index in [-0.39, 0.29) is 4.90 Å². The van der Waals surface area contributed by atoms with Crippen LogP contribution < -0.4 is 10.0 Å². The summed E-state index contributed by atoms with van der Waals surface area (Å²) in [7, 11) is -3.46. The molecule has 0 fully saturated rings. The number of sulfonamides is 1. The maximum atomic E-state index is 12.1. The molecule has 0 aliphatic rings. The Morgan fingerprint density at radius 1 is 1.38 bits per heavy atom. The van der Waals surface area contributed by atoms with E-state index in [1.165, 1.54) is 17.5 Å². The molecular formula is C13H20N4O2S2. The third kappa shape index (κ3) is 4.92. The van der Waals surface area contributed by atoms with Gasteiger partial charge in [-0.15, -0.1) is 11.3 Å². The SMILES string of the molecule is CCCNCc1cc(S(=O)(=O)NCCc2nccs2)c[nH]1. The highest BCUT2D eigenvalue weighted by Gasteiger charge is 2.15. The summed E-state index contributed by atoms with van der Waals surface area (Å²) >= 11 is 1.52. The molecule has 21 heavy (non-hydrogen) atoms. The van der Waals surface area contributed by atoms with E-state index >= 15 is 0 Å². The lowest BCUT2D eigenvalue weighted by Crippen LogP contribution is -2.25. The van der Waals surface area contributed by atoms with E-state index < -0.39 is 10.0 Å². The summed E-state index contributed by atoms with van der Waals surface area (Å²) in [5.74, 6) is 0. The zero-order valence-corrected chi connectivity index (χ0v) is 13.6. The van der Waals surface area contributed by atoms with E-state index in [2.05, 4.69) is 26.9 Å². The first-order valence-corrected chi connectivity index (χ1v) is 9.24. The molecule has 2 aromatic heterocycles. The van der Waals surface area contributed by atoms with Gasteiger partial charge in [-0.3, -0.25) is 0 Å². The van der Waals surface area contributed by atoms with Crippen LogP contribution in [0.3, 0.4) is 0 Å². The van der Waals surface area contributed by atoms with Crippen LogP contribution >= 0.6 is 11.3 Å². The summed E-state index contributed by atoms with van der Waals surface area (Å²) in [6.45, 7) is 3.99. The van der Waals surface area contributed by atoms with Gasteiger partial charge in [-0.25, -0.2) is 18.1 Å². The van der Waals surface area contributed by atoms with Crippen molar-refractivity contribution in [2.24, 2.45) is 0 Å². The molecule has 0 radical (unpaired) electrons. The van der Waals surface area contributed by atoms with Crippen LogP contribution in [0.4, 0.5) is 0 Å². The summed E-state index contributed by atoms with van der Waals surface area (Å²) in [6.07, 6.45) is 4.89. The Kier molecular flexibility index (Phi) is 5.92. The average molecular weight is 328 g/mol. The van der Waals surface area contributed by atoms with E-state index in [9.17, 15) is 8.42 Å². The van der Waals surface area contributed by atoms with E-state index in [1.807, 2.05) is 5.38 Å². The summed E-state index contributed by atoms with van der Waals surface area (Å²) < 4.78 is 26.9. The van der Waals surface area contributed by atoms with E-state index in [1.54, 1.807) is 12.3 Å². The lowest BCUT2D eigenvalue weighted by Gasteiger charge is -2.03. The van der Waals surface area contributed by atoms with Gasteiger partial charge in [0.25, 0.3) is 0 Å². The topological polar surface area (TPSA) is 86.9 Å². The number of hydrogen-bond donors (Lipinski definition) is 3. The Balaban J connectivity index is 1.86. The number of nitrogens with zero attached hydrogens (tertiary/aromatic N) is 1. The molecule has 116 valence electrons. The second kappa shape index (κ2) is 7.69. The zero-order valence-electron chi connectivity index (χ0n) is 11.9. The molecule has 0 atom stereocenters. The average Bonchev–Trinajstić information content (AvgIpc) is 3.10. The molecule has 2 aromatic rings. The fourth-order valence-corrected chi connectivity index (χ4v) is 3.50. The van der Waals surface area contributed by atoms with Crippen molar-refractivity contribution in [1.82, 2.24) is 20.0 Å². The number of thiazole rings is 1. The maximum Gasteiger partial charge on any atom is 0.242 e. The van der Waals surface area contributed by atoms with Crippen LogP contribution in [0, 0.1) is 0 Å². The first-order valence-electron chi connectivity index (χ1n) is 6.88. The van der Waals surface area contributed by atoms with Crippen molar-refractivity contribution in [3.8, 4) is 0 Å². The summed E-state index contributed by atoms with van der Waals surface area (Å²) in [5, 5.41) is 6.03. The van der Waals surface area contributed by atoms with Crippen LogP contribution in [0.2, 0.25) is 0 Å². The van der Waals surface area contributed by atoms with Crippen LogP contribution in [-0.4, -0.2) is 31.5 Å². The Labute approximate surface area is 129 Å². The monoisotopic (exact) mass is 328 g/mol. The predicted molar refractivity (Wildman–Crippen MR) is 83.8 cm³/mol. The van der Waals surface area contributed by atoms with E-state index in [0.29, 0.717) is 19.5 Å². The Morgan fingerprint density at radius 3 is 2.95 bits per heavy atom. The Bertz CT molecular complexity index is 635. The number of nitrogens with one attached hydrogen (secondary N) is 3. The highest BCUT2D eigenvalue weighted by atomic mass is 32.2. The van der Waals surface area contributed by atoms with E-state index in [4.69, 9.17) is 0 Å². The van der Waals surface area contributed by atoms with Gasteiger partial charge in [0.05, 0.1) is 9.90 Å². The zero-order chi connectivity index (χ0) is 15.1. The Morgan fingerprint density at radius 2 is 2.24 bits per heavy atom. The van der Waals surface area contributed by atoms with Crippen molar-refractivity contribution in [2.45, 2.75) is 31.2 Å². The number of rotatable bonds is 9. The van der Waals surface area contributed by atoms with Crippen LogP contribution in [0.1, 0.15) is 24.0 Å². The van der Waals surface area contributed by atoms with Gasteiger partial charge in [0.2, 0.25) is 10.0 Å². The minimum absolute atomic E-state index is 0.273. The third-order valence-electron chi connectivity index (χ3n) is 2.88. The summed E-state index contributed by atoms with van der Waals surface area (Å²) in [6, 6.07) is 1.66. The lowest BCUT2D eigenvalue weighted by molar-refractivity contribution is 0.581. The quantitative estimate of drug-likeness (QED) is 0.609. The molecule has 0 saturated heterocycles. The molecule has 2 heterocycles. The first-order chi connectivity index (χ1) is 10.1. The number of H-pyrrole nitrogens is 1. The molecular weight excluding hydrogens is 308 g/mol. The number of aromatic nitrogens is 2. The van der Waals surface area contributed by atoms with Gasteiger partial charge in [-0.05, 0) is 19.0 Å². The predicted octanol–water partition coefficient (Wildman–Crippen LogP) is 1.49. The third-order valence-corrected chi connectivity index (χ3v) is 5.16. The van der Waals surface area contributed by atoms with Crippen molar-refractivity contribution in [2.75, 3.05) is 13.1 Å². The lowest BCUT2D eigenvalue weighted by atomic mass is 10.4. The highest BCUT2D eigenvalue weighted by Crippen LogP contribution is 2.11. The van der Waals surface area contributed by atoms with E-state index in [0.717, 1.165) is 23.7 Å². The Hall–Kier alpha value is -1.22. The molecule has 0 aromatic carbocycles. The van der Waals surface area contributed by atoms with Crippen LogP contribution in [0.15, 0.2) is 28.7 Å². The van der Waals surface area contributed by atoms with Gasteiger partial charge in [0, 0.05) is 43.0 Å². The molecule has 0 aliphatic heterocycles. The van der Waals surface area contributed by atoms with Gasteiger partial charge in [-0.1, -0.05) is 6.92 Å². The summed E-state index contributed by atoms with van der Waals surface area (Å²) in [4.78, 5) is 7.38. The maximum absolute atomic E-state index is 12.1. The molecule has 0 bridgehead atoms. The second-order valence-electron chi connectivity index (χ2n) is 4.61. The fraction of sp³-hybridized carbons (Fsp3) is 0.462. The molecule has 8 heteroatoms. The van der Waals surface area contributed by atoms with Gasteiger partial charge in [0.1, 0.15) is 0 Å². The minimum Gasteiger partial charge on any atom is -0.363 e. The van der Waals surface area contributed by atoms with Crippen molar-refractivity contribution in [3.63, 3.8) is 0 Å². The molecule has 0 unspecified atom stereocenters. The van der Waals surface area contributed by atoms with Crippen LogP contribution in [0.25, 0.3) is 0 Å².